The van der Waals surface area contributed by atoms with Crippen LogP contribution in [0.2, 0.25) is 0 Å². The minimum atomic E-state index is 0.138. The van der Waals surface area contributed by atoms with Crippen molar-refractivity contribution in [1.82, 2.24) is 14.8 Å². The molecule has 1 aromatic heterocycles. The predicted molar refractivity (Wildman–Crippen MR) is 139 cm³/mol. The number of amides is 1. The van der Waals surface area contributed by atoms with Crippen molar-refractivity contribution >= 4 is 16.8 Å². The van der Waals surface area contributed by atoms with Crippen LogP contribution in [0.3, 0.4) is 0 Å². The third kappa shape index (κ3) is 5.95. The number of carbonyl (C=O) groups is 1. The van der Waals surface area contributed by atoms with Crippen LogP contribution in [0.25, 0.3) is 10.9 Å². The molecule has 1 saturated heterocycles. The van der Waals surface area contributed by atoms with Gasteiger partial charge in [0.15, 0.2) is 0 Å². The monoisotopic (exact) mass is 459 g/mol. The van der Waals surface area contributed by atoms with Gasteiger partial charge >= 0.3 is 0 Å². The molecule has 1 aliphatic rings. The third-order valence-electron chi connectivity index (χ3n) is 6.95. The van der Waals surface area contributed by atoms with Gasteiger partial charge in [-0.2, -0.15) is 0 Å². The van der Waals surface area contributed by atoms with Gasteiger partial charge in [-0.25, -0.2) is 0 Å². The summed E-state index contributed by atoms with van der Waals surface area (Å²) >= 11 is 0. The Hall–Kier alpha value is -2.92. The second kappa shape index (κ2) is 11.5. The normalized spacial score (nSPS) is 14.9. The molecule has 0 saturated carbocycles. The molecular formula is C29H37N3O2. The number of rotatable bonds is 9. The standard InChI is InChI=1S/C29H37N3O2/c1-4-32(5-2)29(33)25-9-6-8-24(21-25)20-23-14-16-31(17-15-23)18-19-34-28-11-7-10-27-26(28)13-12-22(3)30-27/h6-13,21,23H,4-5,14-20H2,1-3H3. The molecule has 5 heteroatoms. The lowest BCUT2D eigenvalue weighted by Crippen LogP contribution is -2.37. The summed E-state index contributed by atoms with van der Waals surface area (Å²) in [5, 5.41) is 1.08. The van der Waals surface area contributed by atoms with E-state index in [1.165, 1.54) is 18.4 Å². The van der Waals surface area contributed by atoms with Crippen molar-refractivity contribution in [3.8, 4) is 5.75 Å². The molecule has 1 fully saturated rings. The van der Waals surface area contributed by atoms with Crippen LogP contribution in [-0.4, -0.2) is 60.0 Å². The van der Waals surface area contributed by atoms with Gasteiger partial charge in [-0.05, 0) is 101 Å². The summed E-state index contributed by atoms with van der Waals surface area (Å²) in [6.07, 6.45) is 3.42. The number of pyridine rings is 1. The van der Waals surface area contributed by atoms with Crippen molar-refractivity contribution in [2.75, 3.05) is 39.3 Å². The van der Waals surface area contributed by atoms with Crippen LogP contribution in [-0.2, 0) is 6.42 Å². The first-order valence-corrected chi connectivity index (χ1v) is 12.7. The van der Waals surface area contributed by atoms with Gasteiger partial charge in [0.1, 0.15) is 12.4 Å². The lowest BCUT2D eigenvalue weighted by Gasteiger charge is -2.32. The molecule has 0 N–H and O–H groups in total. The number of carbonyl (C=O) groups excluding carboxylic acids is 1. The van der Waals surface area contributed by atoms with Gasteiger partial charge < -0.3 is 9.64 Å². The molecule has 34 heavy (non-hydrogen) atoms. The average molecular weight is 460 g/mol. The highest BCUT2D eigenvalue weighted by atomic mass is 16.5. The van der Waals surface area contributed by atoms with Crippen LogP contribution in [0.1, 0.15) is 48.3 Å². The van der Waals surface area contributed by atoms with Gasteiger partial charge in [0.25, 0.3) is 5.91 Å². The quantitative estimate of drug-likeness (QED) is 0.432. The molecule has 3 aromatic rings. The summed E-state index contributed by atoms with van der Waals surface area (Å²) in [6, 6.07) is 18.5. The zero-order chi connectivity index (χ0) is 23.9. The Morgan fingerprint density at radius 2 is 1.82 bits per heavy atom. The zero-order valence-electron chi connectivity index (χ0n) is 20.8. The second-order valence-electron chi connectivity index (χ2n) is 9.29. The summed E-state index contributed by atoms with van der Waals surface area (Å²) in [6.45, 7) is 11.4. The second-order valence-corrected chi connectivity index (χ2v) is 9.29. The number of piperidine rings is 1. The number of hydrogen-bond donors (Lipinski definition) is 0. The number of benzene rings is 2. The van der Waals surface area contributed by atoms with Gasteiger partial charge in [-0.15, -0.1) is 0 Å². The third-order valence-corrected chi connectivity index (χ3v) is 6.95. The lowest BCUT2D eigenvalue weighted by molar-refractivity contribution is 0.0773. The number of fused-ring (bicyclic) bond motifs is 1. The number of nitrogens with zero attached hydrogens (tertiary/aromatic N) is 3. The van der Waals surface area contributed by atoms with Gasteiger partial charge in [0.2, 0.25) is 0 Å². The fourth-order valence-electron chi connectivity index (χ4n) is 4.91. The van der Waals surface area contributed by atoms with Gasteiger partial charge in [0, 0.05) is 36.3 Å². The van der Waals surface area contributed by atoms with E-state index in [-0.39, 0.29) is 5.91 Å². The smallest absolute Gasteiger partial charge is 0.253 e. The number of ether oxygens (including phenoxy) is 1. The molecule has 0 unspecified atom stereocenters. The lowest BCUT2D eigenvalue weighted by atomic mass is 9.89. The molecule has 0 bridgehead atoms. The van der Waals surface area contributed by atoms with E-state index in [1.807, 2.05) is 62.1 Å². The van der Waals surface area contributed by atoms with Crippen LogP contribution in [0, 0.1) is 12.8 Å². The maximum absolute atomic E-state index is 12.7. The fourth-order valence-corrected chi connectivity index (χ4v) is 4.91. The van der Waals surface area contributed by atoms with Crippen LogP contribution in [0.4, 0.5) is 0 Å². The summed E-state index contributed by atoms with van der Waals surface area (Å²) < 4.78 is 6.14. The Balaban J connectivity index is 1.24. The van der Waals surface area contributed by atoms with Gasteiger partial charge in [0.05, 0.1) is 5.52 Å². The Kier molecular flexibility index (Phi) is 8.17. The maximum Gasteiger partial charge on any atom is 0.253 e. The Morgan fingerprint density at radius 1 is 1.06 bits per heavy atom. The van der Waals surface area contributed by atoms with Crippen LogP contribution in [0.5, 0.6) is 5.75 Å². The number of hydrogen-bond acceptors (Lipinski definition) is 4. The summed E-state index contributed by atoms with van der Waals surface area (Å²) in [5.41, 5.74) is 4.10. The van der Waals surface area contributed by atoms with E-state index in [0.29, 0.717) is 12.5 Å². The molecule has 4 rings (SSSR count). The van der Waals surface area contributed by atoms with E-state index in [0.717, 1.165) is 67.1 Å². The molecular weight excluding hydrogens is 422 g/mol. The van der Waals surface area contributed by atoms with Gasteiger partial charge in [-0.3, -0.25) is 14.7 Å². The molecule has 1 aliphatic heterocycles. The van der Waals surface area contributed by atoms with Crippen molar-refractivity contribution in [1.29, 1.82) is 0 Å². The fraction of sp³-hybridized carbons (Fsp3) is 0.448. The molecule has 180 valence electrons. The van der Waals surface area contributed by atoms with E-state index < -0.39 is 0 Å². The molecule has 0 aliphatic carbocycles. The van der Waals surface area contributed by atoms with E-state index in [4.69, 9.17) is 4.74 Å². The molecule has 0 spiro atoms. The Labute approximate surface area is 203 Å². The first-order chi connectivity index (χ1) is 16.6. The maximum atomic E-state index is 12.7. The highest BCUT2D eigenvalue weighted by Crippen LogP contribution is 2.25. The number of aryl methyl sites for hydroxylation is 1. The van der Waals surface area contributed by atoms with Crippen LogP contribution >= 0.6 is 0 Å². The first-order valence-electron chi connectivity index (χ1n) is 12.7. The van der Waals surface area contributed by atoms with Crippen molar-refractivity contribution in [3.63, 3.8) is 0 Å². The van der Waals surface area contributed by atoms with E-state index in [1.54, 1.807) is 0 Å². The average Bonchev–Trinajstić information content (AvgIpc) is 2.86. The van der Waals surface area contributed by atoms with Crippen LogP contribution in [0.15, 0.2) is 54.6 Å². The molecule has 2 heterocycles. The Morgan fingerprint density at radius 3 is 2.59 bits per heavy atom. The minimum Gasteiger partial charge on any atom is -0.492 e. The van der Waals surface area contributed by atoms with E-state index in [2.05, 4.69) is 28.1 Å². The summed E-state index contributed by atoms with van der Waals surface area (Å²) in [7, 11) is 0. The van der Waals surface area contributed by atoms with E-state index in [9.17, 15) is 4.79 Å². The van der Waals surface area contributed by atoms with Crippen molar-refractivity contribution < 1.29 is 9.53 Å². The predicted octanol–water partition coefficient (Wildman–Crippen LogP) is 5.36. The van der Waals surface area contributed by atoms with Crippen molar-refractivity contribution in [2.45, 2.75) is 40.0 Å². The molecule has 1 amide bonds. The topological polar surface area (TPSA) is 45.7 Å². The highest BCUT2D eigenvalue weighted by Gasteiger charge is 2.20. The van der Waals surface area contributed by atoms with Gasteiger partial charge in [-0.1, -0.05) is 18.2 Å². The van der Waals surface area contributed by atoms with Crippen LogP contribution < -0.4 is 4.74 Å². The molecule has 0 radical (unpaired) electrons. The minimum absolute atomic E-state index is 0.138. The largest absolute Gasteiger partial charge is 0.492 e. The van der Waals surface area contributed by atoms with Crippen molar-refractivity contribution in [3.05, 3.63) is 71.4 Å². The SMILES string of the molecule is CCN(CC)C(=O)c1cccc(CC2CCN(CCOc3cccc4nc(C)ccc34)CC2)c1. The Bertz CT molecular complexity index is 1100. The highest BCUT2D eigenvalue weighted by molar-refractivity contribution is 5.94. The zero-order valence-corrected chi connectivity index (χ0v) is 20.8. The molecule has 2 aromatic carbocycles. The van der Waals surface area contributed by atoms with Crippen molar-refractivity contribution in [2.24, 2.45) is 5.92 Å². The summed E-state index contributed by atoms with van der Waals surface area (Å²) in [4.78, 5) is 21.7. The first kappa shape index (κ1) is 24.2. The van der Waals surface area contributed by atoms with E-state index >= 15 is 0 Å². The molecule has 5 nitrogen and oxygen atoms in total. The number of aromatic nitrogens is 1. The molecule has 0 atom stereocenters. The summed E-state index contributed by atoms with van der Waals surface area (Å²) in [5.74, 6) is 1.72. The number of likely N-dealkylation sites (tertiary alicyclic amines) is 1.